The maximum atomic E-state index is 11.0. The van der Waals surface area contributed by atoms with E-state index in [4.69, 9.17) is 14.9 Å². The van der Waals surface area contributed by atoms with Gasteiger partial charge in [0.1, 0.15) is 18.4 Å². The first-order valence-corrected chi connectivity index (χ1v) is 6.27. The summed E-state index contributed by atoms with van der Waals surface area (Å²) in [4.78, 5) is 43.3. The Labute approximate surface area is 125 Å². The van der Waals surface area contributed by atoms with Gasteiger partial charge in [0.2, 0.25) is 0 Å². The fourth-order valence-corrected chi connectivity index (χ4v) is 1.56. The highest BCUT2D eigenvalue weighted by molar-refractivity contribution is 6.31. The van der Waals surface area contributed by atoms with E-state index in [1.807, 2.05) is 5.32 Å². The number of aliphatic carboxylic acids is 2. The van der Waals surface area contributed by atoms with Crippen molar-refractivity contribution in [1.29, 1.82) is 0 Å². The van der Waals surface area contributed by atoms with Crippen LogP contribution in [0.1, 0.15) is 12.5 Å². The number of ether oxygens (including phenoxy) is 1. The molecule has 1 rings (SSSR count). The molecule has 22 heavy (non-hydrogen) atoms. The molecule has 0 aliphatic carbocycles. The van der Waals surface area contributed by atoms with E-state index >= 15 is 0 Å². The van der Waals surface area contributed by atoms with Crippen molar-refractivity contribution >= 4 is 23.6 Å². The van der Waals surface area contributed by atoms with E-state index in [0.717, 1.165) is 0 Å². The minimum atomic E-state index is -1.75. The lowest BCUT2D eigenvalue weighted by atomic mass is 10.1. The average Bonchev–Trinajstić information content (AvgIpc) is 2.45. The number of nitrogens with one attached hydrogen (secondary N) is 1. The van der Waals surface area contributed by atoms with Crippen LogP contribution < -0.4 is 10.1 Å². The standard InChI is InChI=1S/C14H15NO7/c1-8(16)7-22-10-4-2-9(3-5-10)6-11(13(18)19)15-12(17)14(20)21/h2-5,11H,6-7H2,1H3,(H,15,17)(H,18,19)(H,20,21)/t11-/m1/s1. The third-order valence-electron chi connectivity index (χ3n) is 2.60. The van der Waals surface area contributed by atoms with Crippen LogP contribution in [0.2, 0.25) is 0 Å². The van der Waals surface area contributed by atoms with Crippen LogP contribution in [0.4, 0.5) is 0 Å². The fraction of sp³-hybridized carbons (Fsp3) is 0.286. The van der Waals surface area contributed by atoms with Crippen molar-refractivity contribution < 1.29 is 34.1 Å². The lowest BCUT2D eigenvalue weighted by molar-refractivity contribution is -0.152. The van der Waals surface area contributed by atoms with Crippen LogP contribution in [-0.4, -0.2) is 46.5 Å². The van der Waals surface area contributed by atoms with Gasteiger partial charge in [-0.1, -0.05) is 12.1 Å². The molecule has 118 valence electrons. The van der Waals surface area contributed by atoms with Crippen molar-refractivity contribution in [2.75, 3.05) is 6.61 Å². The number of amides is 1. The molecule has 3 N–H and O–H groups in total. The molecule has 0 unspecified atom stereocenters. The highest BCUT2D eigenvalue weighted by Gasteiger charge is 2.23. The van der Waals surface area contributed by atoms with Crippen LogP contribution >= 0.6 is 0 Å². The Morgan fingerprint density at radius 3 is 2.18 bits per heavy atom. The van der Waals surface area contributed by atoms with Crippen LogP contribution in [0.25, 0.3) is 0 Å². The predicted octanol–water partition coefficient (Wildman–Crippen LogP) is -0.149. The molecule has 0 radical (unpaired) electrons. The molecule has 1 aromatic carbocycles. The molecule has 0 saturated heterocycles. The van der Waals surface area contributed by atoms with Crippen LogP contribution in [-0.2, 0) is 25.6 Å². The van der Waals surface area contributed by atoms with Gasteiger partial charge in [-0.2, -0.15) is 0 Å². The van der Waals surface area contributed by atoms with Crippen LogP contribution in [0.15, 0.2) is 24.3 Å². The molecular weight excluding hydrogens is 294 g/mol. The lowest BCUT2D eigenvalue weighted by Gasteiger charge is -2.13. The molecule has 0 aliphatic heterocycles. The molecule has 0 spiro atoms. The first-order chi connectivity index (χ1) is 10.3. The van der Waals surface area contributed by atoms with Crippen molar-refractivity contribution in [3.05, 3.63) is 29.8 Å². The number of hydrogen-bond acceptors (Lipinski definition) is 5. The number of Topliss-reactive ketones (excluding diaryl/α,β-unsaturated/α-hetero) is 1. The Morgan fingerprint density at radius 2 is 1.73 bits per heavy atom. The summed E-state index contributed by atoms with van der Waals surface area (Å²) in [6.07, 6.45) is -0.0820. The van der Waals surface area contributed by atoms with Gasteiger partial charge in [-0.15, -0.1) is 0 Å². The molecule has 1 amide bonds. The Kier molecular flexibility index (Phi) is 6.06. The zero-order chi connectivity index (χ0) is 16.7. The summed E-state index contributed by atoms with van der Waals surface area (Å²) in [5.41, 5.74) is 0.563. The Morgan fingerprint density at radius 1 is 1.14 bits per heavy atom. The van der Waals surface area contributed by atoms with Crippen LogP contribution in [0.3, 0.4) is 0 Å². The number of ketones is 1. The topological polar surface area (TPSA) is 130 Å². The minimum absolute atomic E-state index is 0.0637. The number of hydrogen-bond donors (Lipinski definition) is 3. The second-order valence-electron chi connectivity index (χ2n) is 4.51. The molecule has 1 aromatic rings. The largest absolute Gasteiger partial charge is 0.486 e. The fourth-order valence-electron chi connectivity index (χ4n) is 1.56. The Balaban J connectivity index is 2.69. The van der Waals surface area contributed by atoms with Gasteiger partial charge in [-0.05, 0) is 24.6 Å². The Bertz CT molecular complexity index is 579. The number of rotatable bonds is 7. The van der Waals surface area contributed by atoms with E-state index in [-0.39, 0.29) is 18.8 Å². The molecule has 0 saturated carbocycles. The quantitative estimate of drug-likeness (QED) is 0.597. The highest BCUT2D eigenvalue weighted by atomic mass is 16.5. The van der Waals surface area contributed by atoms with Gasteiger partial charge in [-0.25, -0.2) is 9.59 Å². The first kappa shape index (κ1) is 17.2. The minimum Gasteiger partial charge on any atom is -0.486 e. The molecule has 0 fully saturated rings. The van der Waals surface area contributed by atoms with Gasteiger partial charge in [0.15, 0.2) is 5.78 Å². The predicted molar refractivity (Wildman–Crippen MR) is 73.5 cm³/mol. The van der Waals surface area contributed by atoms with E-state index in [1.54, 1.807) is 24.3 Å². The second-order valence-corrected chi connectivity index (χ2v) is 4.51. The summed E-state index contributed by atoms with van der Waals surface area (Å²) in [5.74, 6) is -4.16. The lowest BCUT2D eigenvalue weighted by Crippen LogP contribution is -2.45. The number of carboxylic acid groups (broad SMARTS) is 2. The summed E-state index contributed by atoms with van der Waals surface area (Å²) in [6, 6.07) is 4.89. The second kappa shape index (κ2) is 7.77. The van der Waals surface area contributed by atoms with E-state index in [9.17, 15) is 19.2 Å². The van der Waals surface area contributed by atoms with Gasteiger partial charge < -0.3 is 20.3 Å². The molecule has 0 heterocycles. The smallest absolute Gasteiger partial charge is 0.394 e. The maximum Gasteiger partial charge on any atom is 0.394 e. The number of carbonyl (C=O) groups excluding carboxylic acids is 2. The average molecular weight is 309 g/mol. The summed E-state index contributed by atoms with van der Waals surface area (Å²) in [6.45, 7) is 1.32. The van der Waals surface area contributed by atoms with Gasteiger partial charge >= 0.3 is 17.8 Å². The van der Waals surface area contributed by atoms with Gasteiger partial charge in [0, 0.05) is 6.42 Å². The molecule has 1 atom stereocenters. The summed E-state index contributed by atoms with van der Waals surface area (Å²) < 4.78 is 5.16. The van der Waals surface area contributed by atoms with Crippen molar-refractivity contribution in [2.45, 2.75) is 19.4 Å². The maximum absolute atomic E-state index is 11.0. The summed E-state index contributed by atoms with van der Waals surface area (Å²) in [7, 11) is 0. The van der Waals surface area contributed by atoms with E-state index < -0.39 is 23.9 Å². The van der Waals surface area contributed by atoms with E-state index in [2.05, 4.69) is 0 Å². The molecule has 8 nitrogen and oxygen atoms in total. The van der Waals surface area contributed by atoms with Gasteiger partial charge in [-0.3, -0.25) is 9.59 Å². The number of benzene rings is 1. The van der Waals surface area contributed by atoms with Crippen molar-refractivity contribution in [3.8, 4) is 5.75 Å². The zero-order valence-electron chi connectivity index (χ0n) is 11.7. The summed E-state index contributed by atoms with van der Waals surface area (Å²) in [5, 5.41) is 19.4. The molecular formula is C14H15NO7. The first-order valence-electron chi connectivity index (χ1n) is 6.27. The van der Waals surface area contributed by atoms with Gasteiger partial charge in [0.05, 0.1) is 0 Å². The summed E-state index contributed by atoms with van der Waals surface area (Å²) >= 11 is 0. The van der Waals surface area contributed by atoms with Crippen molar-refractivity contribution in [2.24, 2.45) is 0 Å². The number of carboxylic acids is 2. The van der Waals surface area contributed by atoms with E-state index in [1.165, 1.54) is 6.92 Å². The number of carbonyl (C=O) groups is 4. The SMILES string of the molecule is CC(=O)COc1ccc(C[C@@H](NC(=O)C(=O)O)C(=O)O)cc1. The normalized spacial score (nSPS) is 11.3. The third kappa shape index (κ3) is 5.61. The third-order valence-corrected chi connectivity index (χ3v) is 2.60. The Hall–Kier alpha value is -2.90. The monoisotopic (exact) mass is 309 g/mol. The zero-order valence-corrected chi connectivity index (χ0v) is 11.7. The van der Waals surface area contributed by atoms with Crippen LogP contribution in [0, 0.1) is 0 Å². The molecule has 8 heteroatoms. The van der Waals surface area contributed by atoms with E-state index in [0.29, 0.717) is 11.3 Å². The molecule has 0 aromatic heterocycles. The van der Waals surface area contributed by atoms with Crippen LogP contribution in [0.5, 0.6) is 5.75 Å². The molecule has 0 bridgehead atoms. The van der Waals surface area contributed by atoms with Crippen molar-refractivity contribution in [1.82, 2.24) is 5.32 Å². The van der Waals surface area contributed by atoms with Gasteiger partial charge in [0.25, 0.3) is 0 Å². The molecule has 0 aliphatic rings. The highest BCUT2D eigenvalue weighted by Crippen LogP contribution is 2.13. The van der Waals surface area contributed by atoms with Crippen molar-refractivity contribution in [3.63, 3.8) is 0 Å².